The number of anilines is 1. The van der Waals surface area contributed by atoms with E-state index in [9.17, 15) is 18.0 Å². The predicted octanol–water partition coefficient (Wildman–Crippen LogP) is 6.02. The molecule has 8 nitrogen and oxygen atoms in total. The van der Waals surface area contributed by atoms with E-state index in [1.807, 2.05) is 68.4 Å². The Labute approximate surface area is 270 Å². The zero-order valence-electron chi connectivity index (χ0n) is 25.6. The molecule has 45 heavy (non-hydrogen) atoms. The molecule has 0 saturated carbocycles. The molecule has 4 aromatic carbocycles. The maximum Gasteiger partial charge on any atom is 0.264 e. The molecule has 10 heteroatoms. The van der Waals surface area contributed by atoms with Crippen LogP contribution in [0, 0.1) is 6.92 Å². The van der Waals surface area contributed by atoms with Crippen molar-refractivity contribution in [3.63, 3.8) is 0 Å². The zero-order valence-corrected chi connectivity index (χ0v) is 27.2. The quantitative estimate of drug-likeness (QED) is 0.181. The number of halogens is 1. The Morgan fingerprint density at radius 1 is 0.889 bits per heavy atom. The van der Waals surface area contributed by atoms with Crippen LogP contribution in [-0.4, -0.2) is 51.4 Å². The molecule has 236 valence electrons. The van der Waals surface area contributed by atoms with Gasteiger partial charge in [0.2, 0.25) is 11.8 Å². The number of ether oxygens (including phenoxy) is 1. The Morgan fingerprint density at radius 2 is 1.53 bits per heavy atom. The molecule has 4 rings (SSSR count). The second kappa shape index (κ2) is 15.6. The minimum atomic E-state index is -4.23. The van der Waals surface area contributed by atoms with Crippen LogP contribution in [0.1, 0.15) is 30.0 Å². The van der Waals surface area contributed by atoms with Gasteiger partial charge in [-0.3, -0.25) is 13.9 Å². The molecular weight excluding hydrogens is 610 g/mol. The molecule has 0 heterocycles. The van der Waals surface area contributed by atoms with Gasteiger partial charge in [-0.2, -0.15) is 0 Å². The number of nitrogens with zero attached hydrogens (tertiary/aromatic N) is 2. The van der Waals surface area contributed by atoms with Gasteiger partial charge in [0.25, 0.3) is 10.0 Å². The molecule has 0 fully saturated rings. The summed E-state index contributed by atoms with van der Waals surface area (Å²) in [7, 11) is -2.77. The summed E-state index contributed by atoms with van der Waals surface area (Å²) >= 11 is 6.42. The van der Waals surface area contributed by atoms with Gasteiger partial charge in [0.05, 0.1) is 22.7 Å². The summed E-state index contributed by atoms with van der Waals surface area (Å²) in [6.07, 6.45) is 0.963. The Hall–Kier alpha value is -4.34. The minimum Gasteiger partial charge on any atom is -0.495 e. The van der Waals surface area contributed by atoms with Crippen LogP contribution in [0.5, 0.6) is 5.75 Å². The lowest BCUT2D eigenvalue weighted by Gasteiger charge is -2.34. The van der Waals surface area contributed by atoms with Crippen molar-refractivity contribution in [2.24, 2.45) is 0 Å². The van der Waals surface area contributed by atoms with Crippen molar-refractivity contribution in [3.8, 4) is 5.75 Å². The van der Waals surface area contributed by atoms with Crippen LogP contribution >= 0.6 is 11.6 Å². The van der Waals surface area contributed by atoms with Crippen LogP contribution < -0.4 is 14.4 Å². The van der Waals surface area contributed by atoms with Crippen molar-refractivity contribution in [3.05, 3.63) is 125 Å². The third kappa shape index (κ3) is 8.65. The predicted molar refractivity (Wildman–Crippen MR) is 178 cm³/mol. The summed E-state index contributed by atoms with van der Waals surface area (Å²) in [4.78, 5) is 29.7. The molecule has 4 aromatic rings. The van der Waals surface area contributed by atoms with Crippen molar-refractivity contribution in [2.75, 3.05) is 24.5 Å². The molecule has 0 aliphatic rings. The standard InChI is InChI=1S/C35H38ClN3O5S/c1-4-21-37-35(41)32(22-27-11-7-5-8-12-27)38(24-28-17-15-26(2)16-18-28)34(40)25-39(29-19-20-33(44-3)31(36)23-29)45(42,43)30-13-9-6-10-14-30/h5-20,23,32H,4,21-22,24-25H2,1-3H3,(H,37,41)/t32-/m1/s1. The smallest absolute Gasteiger partial charge is 0.264 e. The molecule has 2 amide bonds. The van der Waals surface area contributed by atoms with Gasteiger partial charge in [-0.15, -0.1) is 0 Å². The number of sulfonamides is 1. The third-order valence-corrected chi connectivity index (χ3v) is 9.41. The SMILES string of the molecule is CCCNC(=O)[C@@H](Cc1ccccc1)N(Cc1ccc(C)cc1)C(=O)CN(c1ccc(OC)c(Cl)c1)S(=O)(=O)c1ccccc1. The molecule has 1 N–H and O–H groups in total. The minimum absolute atomic E-state index is 0.0105. The van der Waals surface area contributed by atoms with Crippen LogP contribution in [0.15, 0.2) is 108 Å². The number of nitrogens with one attached hydrogen (secondary N) is 1. The van der Waals surface area contributed by atoms with Gasteiger partial charge in [0.1, 0.15) is 18.3 Å². The highest BCUT2D eigenvalue weighted by Gasteiger charge is 2.34. The molecule has 1 atom stereocenters. The van der Waals surface area contributed by atoms with E-state index in [-0.39, 0.29) is 34.5 Å². The van der Waals surface area contributed by atoms with E-state index in [4.69, 9.17) is 16.3 Å². The first-order valence-electron chi connectivity index (χ1n) is 14.7. The van der Waals surface area contributed by atoms with E-state index in [0.717, 1.165) is 27.4 Å². The highest BCUT2D eigenvalue weighted by molar-refractivity contribution is 7.92. The van der Waals surface area contributed by atoms with E-state index in [1.54, 1.807) is 24.3 Å². The number of methoxy groups -OCH3 is 1. The maximum atomic E-state index is 14.5. The summed E-state index contributed by atoms with van der Waals surface area (Å²) in [5.41, 5.74) is 2.91. The lowest BCUT2D eigenvalue weighted by atomic mass is 10.0. The van der Waals surface area contributed by atoms with Gasteiger partial charge in [-0.05, 0) is 54.8 Å². The molecule has 0 saturated heterocycles. The van der Waals surface area contributed by atoms with Crippen LogP contribution in [0.2, 0.25) is 5.02 Å². The molecular formula is C35H38ClN3O5S. The summed E-state index contributed by atoms with van der Waals surface area (Å²) in [6.45, 7) is 3.88. The number of hydrogen-bond acceptors (Lipinski definition) is 5. The summed E-state index contributed by atoms with van der Waals surface area (Å²) < 4.78 is 34.5. The lowest BCUT2D eigenvalue weighted by Crippen LogP contribution is -2.53. The van der Waals surface area contributed by atoms with Gasteiger partial charge in [0, 0.05) is 19.5 Å². The number of hydrogen-bond donors (Lipinski definition) is 1. The normalized spacial score (nSPS) is 11.8. The molecule has 0 aromatic heterocycles. The molecule has 0 spiro atoms. The zero-order chi connectivity index (χ0) is 32.4. The van der Waals surface area contributed by atoms with Crippen molar-refractivity contribution >= 4 is 39.1 Å². The number of benzene rings is 4. The van der Waals surface area contributed by atoms with Crippen molar-refractivity contribution in [1.29, 1.82) is 0 Å². The Morgan fingerprint density at radius 3 is 2.13 bits per heavy atom. The van der Waals surface area contributed by atoms with Crippen LogP contribution in [0.25, 0.3) is 0 Å². The van der Waals surface area contributed by atoms with Crippen molar-refractivity contribution in [2.45, 2.75) is 44.2 Å². The van der Waals surface area contributed by atoms with Gasteiger partial charge in [-0.1, -0.05) is 96.9 Å². The monoisotopic (exact) mass is 647 g/mol. The average Bonchev–Trinajstić information content (AvgIpc) is 3.05. The Balaban J connectivity index is 1.81. The van der Waals surface area contributed by atoms with Crippen molar-refractivity contribution < 1.29 is 22.7 Å². The number of rotatable bonds is 14. The molecule has 0 bridgehead atoms. The fourth-order valence-electron chi connectivity index (χ4n) is 4.87. The summed E-state index contributed by atoms with van der Waals surface area (Å²) in [5, 5.41) is 3.14. The summed E-state index contributed by atoms with van der Waals surface area (Å²) in [5.74, 6) is -0.499. The number of amides is 2. The fourth-order valence-corrected chi connectivity index (χ4v) is 6.55. The Bertz CT molecular complexity index is 1680. The topological polar surface area (TPSA) is 96.0 Å². The van der Waals surface area contributed by atoms with Gasteiger partial charge >= 0.3 is 0 Å². The first kappa shape index (κ1) is 33.6. The van der Waals surface area contributed by atoms with E-state index in [1.165, 1.54) is 36.3 Å². The van der Waals surface area contributed by atoms with Crippen LogP contribution in [-0.2, 0) is 32.6 Å². The maximum absolute atomic E-state index is 14.5. The highest BCUT2D eigenvalue weighted by Crippen LogP contribution is 2.32. The molecule has 0 radical (unpaired) electrons. The van der Waals surface area contributed by atoms with Gasteiger partial charge in [-0.25, -0.2) is 8.42 Å². The molecule has 0 unspecified atom stereocenters. The fraction of sp³-hybridized carbons (Fsp3) is 0.257. The van der Waals surface area contributed by atoms with E-state index in [0.29, 0.717) is 12.3 Å². The molecule has 0 aliphatic carbocycles. The van der Waals surface area contributed by atoms with E-state index in [2.05, 4.69) is 5.32 Å². The highest BCUT2D eigenvalue weighted by atomic mass is 35.5. The lowest BCUT2D eigenvalue weighted by molar-refractivity contribution is -0.140. The van der Waals surface area contributed by atoms with Gasteiger partial charge < -0.3 is 15.0 Å². The third-order valence-electron chi connectivity index (χ3n) is 7.33. The number of aryl methyl sites for hydroxylation is 1. The van der Waals surface area contributed by atoms with E-state index < -0.39 is 28.5 Å². The number of carbonyl (C=O) groups excluding carboxylic acids is 2. The second-order valence-corrected chi connectivity index (χ2v) is 12.9. The number of carbonyl (C=O) groups is 2. The molecule has 0 aliphatic heterocycles. The van der Waals surface area contributed by atoms with Gasteiger partial charge in [0.15, 0.2) is 0 Å². The Kier molecular flexibility index (Phi) is 11.6. The van der Waals surface area contributed by atoms with Crippen LogP contribution in [0.3, 0.4) is 0 Å². The first-order valence-corrected chi connectivity index (χ1v) is 16.5. The first-order chi connectivity index (χ1) is 21.6. The summed E-state index contributed by atoms with van der Waals surface area (Å²) in [6, 6.07) is 28.7. The average molecular weight is 648 g/mol. The van der Waals surface area contributed by atoms with E-state index >= 15 is 0 Å². The van der Waals surface area contributed by atoms with Crippen molar-refractivity contribution in [1.82, 2.24) is 10.2 Å². The second-order valence-electron chi connectivity index (χ2n) is 10.6. The van der Waals surface area contributed by atoms with Crippen LogP contribution in [0.4, 0.5) is 5.69 Å². The largest absolute Gasteiger partial charge is 0.495 e.